The number of ether oxygens (including phenoxy) is 3. The molecule has 0 spiro atoms. The molecule has 1 aromatic heterocycles. The Morgan fingerprint density at radius 3 is 2.69 bits per heavy atom. The van der Waals surface area contributed by atoms with E-state index in [9.17, 15) is 4.79 Å². The van der Waals surface area contributed by atoms with E-state index in [1.54, 1.807) is 18.7 Å². The average molecular weight is 350 g/mol. The van der Waals surface area contributed by atoms with E-state index in [4.69, 9.17) is 14.2 Å². The van der Waals surface area contributed by atoms with E-state index in [0.717, 1.165) is 34.0 Å². The quantitative estimate of drug-likeness (QED) is 0.673. The molecule has 0 fully saturated rings. The van der Waals surface area contributed by atoms with Crippen LogP contribution in [0.4, 0.5) is 0 Å². The first-order valence-electron chi connectivity index (χ1n) is 8.38. The highest BCUT2D eigenvalue weighted by Crippen LogP contribution is 2.37. The smallest absolute Gasteiger partial charge is 0.359 e. The predicted octanol–water partition coefficient (Wildman–Crippen LogP) is 3.62. The molecule has 0 unspecified atom stereocenters. The Morgan fingerprint density at radius 2 is 1.96 bits per heavy atom. The molecule has 2 aromatic carbocycles. The highest BCUT2D eigenvalue weighted by atomic mass is 16.5. The zero-order chi connectivity index (χ0) is 18.1. The van der Waals surface area contributed by atoms with Gasteiger partial charge in [-0.2, -0.15) is 5.10 Å². The molecule has 1 aliphatic rings. The van der Waals surface area contributed by atoms with Gasteiger partial charge in [-0.3, -0.25) is 0 Å². The number of fused-ring (bicyclic) bond motifs is 3. The fraction of sp³-hybridized carbons (Fsp3) is 0.200. The van der Waals surface area contributed by atoms with Crippen LogP contribution in [0, 0.1) is 0 Å². The Morgan fingerprint density at radius 1 is 1.19 bits per heavy atom. The van der Waals surface area contributed by atoms with E-state index in [-0.39, 0.29) is 12.3 Å². The van der Waals surface area contributed by atoms with E-state index in [0.29, 0.717) is 6.61 Å². The van der Waals surface area contributed by atoms with Crippen molar-refractivity contribution in [2.45, 2.75) is 13.5 Å². The van der Waals surface area contributed by atoms with Crippen molar-refractivity contribution in [3.63, 3.8) is 0 Å². The second-order valence-corrected chi connectivity index (χ2v) is 5.79. The predicted molar refractivity (Wildman–Crippen MR) is 95.8 cm³/mol. The highest BCUT2D eigenvalue weighted by molar-refractivity contribution is 5.96. The number of benzene rings is 2. The Labute approximate surface area is 150 Å². The Kier molecular flexibility index (Phi) is 4.08. The molecule has 6 heteroatoms. The molecule has 4 rings (SSSR count). The molecule has 6 nitrogen and oxygen atoms in total. The van der Waals surface area contributed by atoms with Gasteiger partial charge < -0.3 is 14.2 Å². The number of methoxy groups -OCH3 is 1. The van der Waals surface area contributed by atoms with Crippen LogP contribution in [0.25, 0.3) is 16.8 Å². The molecular weight excluding hydrogens is 332 g/mol. The number of hydrogen-bond acceptors (Lipinski definition) is 5. The number of hydrogen-bond donors (Lipinski definition) is 0. The molecule has 0 saturated carbocycles. The van der Waals surface area contributed by atoms with Gasteiger partial charge in [0.15, 0.2) is 5.69 Å². The van der Waals surface area contributed by atoms with Crippen molar-refractivity contribution in [3.05, 3.63) is 59.9 Å². The maximum Gasteiger partial charge on any atom is 0.359 e. The molecule has 0 aliphatic carbocycles. The minimum absolute atomic E-state index is 0.285. The number of esters is 1. The minimum Gasteiger partial charge on any atom is -0.497 e. The first kappa shape index (κ1) is 16.2. The van der Waals surface area contributed by atoms with Crippen LogP contribution in [0.2, 0.25) is 0 Å². The van der Waals surface area contributed by atoms with Crippen LogP contribution in [0.5, 0.6) is 11.5 Å². The van der Waals surface area contributed by atoms with E-state index < -0.39 is 5.97 Å². The number of para-hydroxylation sites is 2. The maximum absolute atomic E-state index is 12.5. The number of carbonyl (C=O) groups is 1. The van der Waals surface area contributed by atoms with Crippen LogP contribution < -0.4 is 9.47 Å². The molecule has 26 heavy (non-hydrogen) atoms. The number of carbonyl (C=O) groups excluding carboxylic acids is 1. The number of rotatable bonds is 4. The van der Waals surface area contributed by atoms with Crippen molar-refractivity contribution in [1.82, 2.24) is 9.78 Å². The van der Waals surface area contributed by atoms with E-state index in [1.807, 2.05) is 48.5 Å². The molecule has 2 heterocycles. The van der Waals surface area contributed by atoms with Gasteiger partial charge in [0.1, 0.15) is 23.8 Å². The summed E-state index contributed by atoms with van der Waals surface area (Å²) in [5.74, 6) is 1.03. The van der Waals surface area contributed by atoms with Crippen LogP contribution >= 0.6 is 0 Å². The molecule has 0 atom stereocenters. The topological polar surface area (TPSA) is 62.6 Å². The fourth-order valence-corrected chi connectivity index (χ4v) is 3.09. The van der Waals surface area contributed by atoms with Crippen molar-refractivity contribution in [2.75, 3.05) is 13.7 Å². The van der Waals surface area contributed by atoms with Gasteiger partial charge >= 0.3 is 5.97 Å². The summed E-state index contributed by atoms with van der Waals surface area (Å²) in [7, 11) is 1.62. The normalized spacial score (nSPS) is 11.9. The standard InChI is InChI=1S/C20H18N2O4/c1-3-25-20(23)19-18(13-8-10-14(24-2)11-9-13)16-12-26-17-7-5-4-6-15(17)22(16)21-19/h4-11H,3,12H2,1-2H3. The summed E-state index contributed by atoms with van der Waals surface area (Å²) in [6.07, 6.45) is 0. The fourth-order valence-electron chi connectivity index (χ4n) is 3.09. The van der Waals surface area contributed by atoms with Crippen LogP contribution in [0.1, 0.15) is 23.1 Å². The summed E-state index contributed by atoms with van der Waals surface area (Å²) in [5, 5.41) is 4.56. The maximum atomic E-state index is 12.5. The molecule has 3 aromatic rings. The molecule has 0 radical (unpaired) electrons. The monoisotopic (exact) mass is 350 g/mol. The molecule has 1 aliphatic heterocycles. The summed E-state index contributed by atoms with van der Waals surface area (Å²) in [6, 6.07) is 15.1. The van der Waals surface area contributed by atoms with Gasteiger partial charge in [0, 0.05) is 5.56 Å². The van der Waals surface area contributed by atoms with Crippen molar-refractivity contribution in [3.8, 4) is 28.3 Å². The Balaban J connectivity index is 1.92. The van der Waals surface area contributed by atoms with Crippen LogP contribution in [0.3, 0.4) is 0 Å². The number of nitrogens with zero attached hydrogens (tertiary/aromatic N) is 2. The molecule has 0 saturated heterocycles. The van der Waals surface area contributed by atoms with E-state index >= 15 is 0 Å². The summed E-state index contributed by atoms with van der Waals surface area (Å²) >= 11 is 0. The van der Waals surface area contributed by atoms with Crippen LogP contribution in [-0.4, -0.2) is 29.5 Å². The van der Waals surface area contributed by atoms with Gasteiger partial charge in [0.2, 0.25) is 0 Å². The van der Waals surface area contributed by atoms with Crippen molar-refractivity contribution in [1.29, 1.82) is 0 Å². The van der Waals surface area contributed by atoms with E-state index in [1.165, 1.54) is 0 Å². The number of aromatic nitrogens is 2. The zero-order valence-electron chi connectivity index (χ0n) is 14.6. The Hall–Kier alpha value is -3.28. The third-order valence-corrected chi connectivity index (χ3v) is 4.29. The molecular formula is C20H18N2O4. The molecule has 0 amide bonds. The van der Waals surface area contributed by atoms with Gasteiger partial charge in [-0.25, -0.2) is 9.48 Å². The van der Waals surface area contributed by atoms with Crippen molar-refractivity contribution in [2.24, 2.45) is 0 Å². The lowest BCUT2D eigenvalue weighted by atomic mass is 10.0. The summed E-state index contributed by atoms with van der Waals surface area (Å²) in [4.78, 5) is 12.5. The SMILES string of the molecule is CCOC(=O)c1nn2c(c1-c1ccc(OC)cc1)COc1ccccc1-2. The third kappa shape index (κ3) is 2.60. The van der Waals surface area contributed by atoms with Gasteiger partial charge in [0.25, 0.3) is 0 Å². The summed E-state index contributed by atoms with van der Waals surface area (Å²) < 4.78 is 18.1. The van der Waals surface area contributed by atoms with Gasteiger partial charge in [-0.1, -0.05) is 24.3 Å². The largest absolute Gasteiger partial charge is 0.497 e. The van der Waals surface area contributed by atoms with Gasteiger partial charge in [-0.05, 0) is 36.8 Å². The van der Waals surface area contributed by atoms with Crippen molar-refractivity contribution < 1.29 is 19.0 Å². The van der Waals surface area contributed by atoms with Crippen LogP contribution in [-0.2, 0) is 11.3 Å². The third-order valence-electron chi connectivity index (χ3n) is 4.29. The Bertz CT molecular complexity index is 960. The lowest BCUT2D eigenvalue weighted by Gasteiger charge is -2.19. The molecule has 0 bridgehead atoms. The second kappa shape index (κ2) is 6.55. The summed E-state index contributed by atoms with van der Waals surface area (Å²) in [6.45, 7) is 2.39. The highest BCUT2D eigenvalue weighted by Gasteiger charge is 2.29. The van der Waals surface area contributed by atoms with Crippen LogP contribution in [0.15, 0.2) is 48.5 Å². The minimum atomic E-state index is -0.447. The zero-order valence-corrected chi connectivity index (χ0v) is 14.6. The van der Waals surface area contributed by atoms with Gasteiger partial charge in [0.05, 0.1) is 19.4 Å². The second-order valence-electron chi connectivity index (χ2n) is 5.79. The van der Waals surface area contributed by atoms with E-state index in [2.05, 4.69) is 5.10 Å². The van der Waals surface area contributed by atoms with Crippen molar-refractivity contribution >= 4 is 5.97 Å². The molecule has 132 valence electrons. The lowest BCUT2D eigenvalue weighted by Crippen LogP contribution is -2.13. The first-order valence-corrected chi connectivity index (χ1v) is 8.38. The average Bonchev–Trinajstić information content (AvgIpc) is 3.08. The summed E-state index contributed by atoms with van der Waals surface area (Å²) in [5.41, 5.74) is 3.49. The molecule has 0 N–H and O–H groups in total. The van der Waals surface area contributed by atoms with Gasteiger partial charge in [-0.15, -0.1) is 0 Å². The first-order chi connectivity index (χ1) is 12.7. The lowest BCUT2D eigenvalue weighted by molar-refractivity contribution is 0.0520.